The highest BCUT2D eigenvalue weighted by molar-refractivity contribution is 5.86. The molecule has 4 fully saturated rings. The molecule has 4 saturated carbocycles. The maximum absolute atomic E-state index is 12.0. The number of carbonyl (C=O) groups excluding carboxylic acids is 2. The van der Waals surface area contributed by atoms with E-state index in [-0.39, 0.29) is 16.8 Å². The zero-order chi connectivity index (χ0) is 19.2. The van der Waals surface area contributed by atoms with Crippen molar-refractivity contribution in [2.45, 2.75) is 71.8 Å². The fraction of sp³-hybridized carbons (Fsp3) is 0.810. The van der Waals surface area contributed by atoms with E-state index < -0.39 is 11.8 Å². The lowest BCUT2D eigenvalue weighted by molar-refractivity contribution is -0.168. The van der Waals surface area contributed by atoms with E-state index in [9.17, 15) is 9.59 Å². The van der Waals surface area contributed by atoms with E-state index in [1.165, 1.54) is 6.42 Å². The predicted molar refractivity (Wildman–Crippen MR) is 97.5 cm³/mol. The summed E-state index contributed by atoms with van der Waals surface area (Å²) in [6.45, 7) is 11.7. The Bertz CT molecular complexity index is 586. The zero-order valence-electron chi connectivity index (χ0n) is 16.6. The summed E-state index contributed by atoms with van der Waals surface area (Å²) in [5, 5.41) is 0. The van der Waals surface area contributed by atoms with Crippen molar-refractivity contribution in [3.63, 3.8) is 0 Å². The number of esters is 1. The van der Waals surface area contributed by atoms with E-state index in [4.69, 9.17) is 14.2 Å². The van der Waals surface area contributed by atoms with Crippen molar-refractivity contribution in [3.05, 3.63) is 12.2 Å². The van der Waals surface area contributed by atoms with Crippen molar-refractivity contribution in [1.82, 2.24) is 0 Å². The summed E-state index contributed by atoms with van der Waals surface area (Å²) >= 11 is 0. The van der Waals surface area contributed by atoms with Crippen LogP contribution in [0.25, 0.3) is 0 Å². The second-order valence-corrected chi connectivity index (χ2v) is 10.1. The molecule has 0 heterocycles. The Balaban J connectivity index is 1.64. The van der Waals surface area contributed by atoms with Gasteiger partial charge in [-0.1, -0.05) is 6.58 Å². The van der Waals surface area contributed by atoms with Crippen LogP contribution in [0.5, 0.6) is 0 Å². The molecule has 26 heavy (non-hydrogen) atoms. The first kappa shape index (κ1) is 19.2. The summed E-state index contributed by atoms with van der Waals surface area (Å²) in [6.07, 6.45) is 6.05. The van der Waals surface area contributed by atoms with Gasteiger partial charge in [-0.15, -0.1) is 0 Å². The van der Waals surface area contributed by atoms with Gasteiger partial charge in [-0.25, -0.2) is 9.59 Å². The van der Waals surface area contributed by atoms with Crippen LogP contribution in [0.1, 0.15) is 66.2 Å². The Kier molecular flexibility index (Phi) is 4.87. The molecule has 0 aliphatic heterocycles. The van der Waals surface area contributed by atoms with Crippen molar-refractivity contribution < 1.29 is 23.8 Å². The fourth-order valence-electron chi connectivity index (χ4n) is 5.82. The average molecular weight is 364 g/mol. The molecule has 4 bridgehead atoms. The van der Waals surface area contributed by atoms with Crippen LogP contribution in [0.15, 0.2) is 12.2 Å². The molecule has 0 spiro atoms. The van der Waals surface area contributed by atoms with Gasteiger partial charge in [0.1, 0.15) is 12.2 Å². The molecule has 4 aliphatic carbocycles. The van der Waals surface area contributed by atoms with Crippen molar-refractivity contribution in [2.75, 3.05) is 13.2 Å². The van der Waals surface area contributed by atoms with Gasteiger partial charge in [0.05, 0.1) is 6.61 Å². The third-order valence-electron chi connectivity index (χ3n) is 6.05. The third kappa shape index (κ3) is 4.24. The smallest absolute Gasteiger partial charge is 0.462 e. The number of carbonyl (C=O) groups is 2. The van der Waals surface area contributed by atoms with E-state index in [0.29, 0.717) is 30.6 Å². The quantitative estimate of drug-likeness (QED) is 0.525. The summed E-state index contributed by atoms with van der Waals surface area (Å²) in [6, 6.07) is 0. The average Bonchev–Trinajstić information content (AvgIpc) is 2.48. The molecule has 0 N–H and O–H groups in total. The number of hydrogen-bond donors (Lipinski definition) is 0. The SMILES string of the molecule is C=C(C)C(=O)OCC12CC3CC(CC(COC(=O)OC(C)(C)C)(C3)C1)C2. The summed E-state index contributed by atoms with van der Waals surface area (Å²) < 4.78 is 16.4. The highest BCUT2D eigenvalue weighted by Gasteiger charge is 2.58. The lowest BCUT2D eigenvalue weighted by Gasteiger charge is -2.61. The van der Waals surface area contributed by atoms with E-state index in [2.05, 4.69) is 6.58 Å². The molecule has 4 rings (SSSR count). The van der Waals surface area contributed by atoms with Gasteiger partial charge in [0.25, 0.3) is 0 Å². The molecule has 0 aromatic carbocycles. The fourth-order valence-corrected chi connectivity index (χ4v) is 5.82. The summed E-state index contributed by atoms with van der Waals surface area (Å²) in [7, 11) is 0. The standard InChI is InChI=1S/C21H32O5/c1-14(2)17(22)24-12-20-7-15-6-16(8-20)10-21(9-15,11-20)13-25-18(23)26-19(3,4)5/h15-16H,1,6-13H2,2-5H3. The van der Waals surface area contributed by atoms with Gasteiger partial charge in [-0.05, 0) is 78.1 Å². The van der Waals surface area contributed by atoms with Crippen LogP contribution in [0.3, 0.4) is 0 Å². The molecule has 0 amide bonds. The van der Waals surface area contributed by atoms with Crippen molar-refractivity contribution in [2.24, 2.45) is 22.7 Å². The minimum atomic E-state index is -0.587. The van der Waals surface area contributed by atoms with Gasteiger partial charge in [0.2, 0.25) is 0 Å². The monoisotopic (exact) mass is 364 g/mol. The van der Waals surface area contributed by atoms with Gasteiger partial charge >= 0.3 is 12.1 Å². The van der Waals surface area contributed by atoms with E-state index in [1.54, 1.807) is 6.92 Å². The Labute approximate surface area is 156 Å². The van der Waals surface area contributed by atoms with Gasteiger partial charge < -0.3 is 14.2 Å². The molecule has 5 nitrogen and oxygen atoms in total. The normalized spacial score (nSPS) is 35.1. The largest absolute Gasteiger partial charge is 0.508 e. The second-order valence-electron chi connectivity index (χ2n) is 10.1. The molecule has 146 valence electrons. The molecular weight excluding hydrogens is 332 g/mol. The maximum Gasteiger partial charge on any atom is 0.508 e. The summed E-state index contributed by atoms with van der Waals surface area (Å²) in [4.78, 5) is 23.9. The highest BCUT2D eigenvalue weighted by Crippen LogP contribution is 2.65. The first-order chi connectivity index (χ1) is 12.0. The van der Waals surface area contributed by atoms with Gasteiger partial charge in [-0.2, -0.15) is 0 Å². The lowest BCUT2D eigenvalue weighted by Crippen LogP contribution is -2.55. The molecule has 5 heteroatoms. The van der Waals surface area contributed by atoms with Gasteiger partial charge in [-0.3, -0.25) is 0 Å². The van der Waals surface area contributed by atoms with Crippen LogP contribution >= 0.6 is 0 Å². The molecule has 0 saturated heterocycles. The first-order valence-corrected chi connectivity index (χ1v) is 9.68. The van der Waals surface area contributed by atoms with Gasteiger partial charge in [0, 0.05) is 16.4 Å². The van der Waals surface area contributed by atoms with Crippen LogP contribution in [0, 0.1) is 22.7 Å². The van der Waals surface area contributed by atoms with Crippen LogP contribution in [-0.4, -0.2) is 30.9 Å². The zero-order valence-corrected chi connectivity index (χ0v) is 16.6. The van der Waals surface area contributed by atoms with E-state index in [0.717, 1.165) is 32.1 Å². The topological polar surface area (TPSA) is 61.8 Å². The van der Waals surface area contributed by atoms with Crippen LogP contribution < -0.4 is 0 Å². The minimum absolute atomic E-state index is 0.0105. The Morgan fingerprint density at radius 1 is 1.00 bits per heavy atom. The number of hydrogen-bond acceptors (Lipinski definition) is 5. The van der Waals surface area contributed by atoms with Crippen LogP contribution in [0.4, 0.5) is 4.79 Å². The Hall–Kier alpha value is -1.52. The Morgan fingerprint density at radius 3 is 1.96 bits per heavy atom. The molecular formula is C21H32O5. The third-order valence-corrected chi connectivity index (χ3v) is 6.05. The summed E-state index contributed by atoms with van der Waals surface area (Å²) in [5.41, 5.74) is -0.0581. The molecule has 2 atom stereocenters. The minimum Gasteiger partial charge on any atom is -0.462 e. The second kappa shape index (κ2) is 6.58. The van der Waals surface area contributed by atoms with Crippen molar-refractivity contribution in [3.8, 4) is 0 Å². The maximum atomic E-state index is 12.0. The molecule has 0 aromatic rings. The predicted octanol–water partition coefficient (Wildman–Crippen LogP) is 4.64. The van der Waals surface area contributed by atoms with Gasteiger partial charge in [0.15, 0.2) is 0 Å². The first-order valence-electron chi connectivity index (χ1n) is 9.68. The van der Waals surface area contributed by atoms with Crippen molar-refractivity contribution in [1.29, 1.82) is 0 Å². The summed E-state index contributed by atoms with van der Waals surface area (Å²) in [5.74, 6) is 0.976. The molecule has 4 aliphatic rings. The lowest BCUT2D eigenvalue weighted by atomic mass is 9.44. The van der Waals surface area contributed by atoms with Crippen LogP contribution in [-0.2, 0) is 19.0 Å². The Morgan fingerprint density at radius 2 is 1.50 bits per heavy atom. The van der Waals surface area contributed by atoms with E-state index in [1.807, 2.05) is 20.8 Å². The molecule has 2 unspecified atom stereocenters. The van der Waals surface area contributed by atoms with Crippen molar-refractivity contribution >= 4 is 12.1 Å². The van der Waals surface area contributed by atoms with Crippen LogP contribution in [0.2, 0.25) is 0 Å². The molecule has 0 aromatic heterocycles. The number of rotatable bonds is 5. The van der Waals surface area contributed by atoms with E-state index >= 15 is 0 Å². The molecule has 0 radical (unpaired) electrons. The highest BCUT2D eigenvalue weighted by atomic mass is 16.7. The number of ether oxygens (including phenoxy) is 3.